The lowest BCUT2D eigenvalue weighted by Crippen LogP contribution is -1.99. The molecule has 32 heavy (non-hydrogen) atoms. The molecule has 1 N–H and O–H groups in total. The van der Waals surface area contributed by atoms with Crippen LogP contribution >= 0.6 is 0 Å². The molecule has 0 aromatic heterocycles. The molecule has 0 unspecified atom stereocenters. The highest BCUT2D eigenvalue weighted by Crippen LogP contribution is 2.22. The van der Waals surface area contributed by atoms with Gasteiger partial charge in [0.25, 0.3) is 0 Å². The van der Waals surface area contributed by atoms with Crippen LogP contribution in [0.15, 0.2) is 64.8 Å². The number of aromatic hydroxyl groups is 1. The van der Waals surface area contributed by atoms with E-state index in [0.29, 0.717) is 18.4 Å². The first kappa shape index (κ1) is 27.7. The summed E-state index contributed by atoms with van der Waals surface area (Å²) in [4.78, 5) is 12.1. The molecule has 0 saturated heterocycles. The largest absolute Gasteiger partial charge is 0.508 e. The van der Waals surface area contributed by atoms with E-state index in [9.17, 15) is 9.90 Å². The maximum absolute atomic E-state index is 12.1. The Kier molecular flexibility index (Phi) is 13.4. The molecule has 0 fully saturated rings. The fourth-order valence-corrected chi connectivity index (χ4v) is 3.57. The van der Waals surface area contributed by atoms with Gasteiger partial charge in [0.05, 0.1) is 0 Å². The zero-order valence-corrected chi connectivity index (χ0v) is 21.3. The SMILES string of the molecule is CCCC(=O)c1ccc(O)c(C/C=C(\C)CC/C=C(\C)CC/C=C(\C)CCC=C(C)C)c1. The third-order valence-corrected chi connectivity index (χ3v) is 5.70. The number of benzene rings is 1. The Labute approximate surface area is 196 Å². The summed E-state index contributed by atoms with van der Waals surface area (Å²) in [5.41, 5.74) is 7.17. The Morgan fingerprint density at radius 2 is 1.31 bits per heavy atom. The summed E-state index contributed by atoms with van der Waals surface area (Å²) in [5, 5.41) is 10.1. The minimum atomic E-state index is 0.146. The smallest absolute Gasteiger partial charge is 0.162 e. The van der Waals surface area contributed by atoms with Crippen molar-refractivity contribution in [2.75, 3.05) is 0 Å². The second-order valence-corrected chi connectivity index (χ2v) is 9.27. The number of rotatable bonds is 14. The van der Waals surface area contributed by atoms with Crippen LogP contribution in [0.1, 0.15) is 109 Å². The highest BCUT2D eigenvalue weighted by molar-refractivity contribution is 5.96. The molecule has 176 valence electrons. The molecular weight excluding hydrogens is 392 g/mol. The quantitative estimate of drug-likeness (QED) is 0.233. The molecular formula is C30H44O2. The number of hydrogen-bond acceptors (Lipinski definition) is 2. The van der Waals surface area contributed by atoms with Gasteiger partial charge < -0.3 is 5.11 Å². The summed E-state index contributed by atoms with van der Waals surface area (Å²) in [7, 11) is 0. The molecule has 0 atom stereocenters. The van der Waals surface area contributed by atoms with E-state index in [1.165, 1.54) is 22.3 Å². The van der Waals surface area contributed by atoms with Gasteiger partial charge in [0.15, 0.2) is 5.78 Å². The van der Waals surface area contributed by atoms with Gasteiger partial charge in [0, 0.05) is 12.0 Å². The van der Waals surface area contributed by atoms with Crippen LogP contribution in [0.2, 0.25) is 0 Å². The highest BCUT2D eigenvalue weighted by Gasteiger charge is 2.08. The van der Waals surface area contributed by atoms with Crippen molar-refractivity contribution in [3.63, 3.8) is 0 Å². The summed E-state index contributed by atoms with van der Waals surface area (Å²) < 4.78 is 0. The maximum Gasteiger partial charge on any atom is 0.162 e. The van der Waals surface area contributed by atoms with E-state index in [2.05, 4.69) is 58.9 Å². The standard InChI is InChI=1S/C30H44O2/c1-7-11-29(31)28-20-21-30(32)27(22-28)19-18-26(6)17-10-16-25(5)15-9-14-24(4)13-8-12-23(2)3/h12,14,16,18,20-22,32H,7-11,13,15,17,19H2,1-6H3/b24-14+,25-16+,26-18+. The van der Waals surface area contributed by atoms with Gasteiger partial charge in [-0.3, -0.25) is 4.79 Å². The van der Waals surface area contributed by atoms with Crippen molar-refractivity contribution in [3.8, 4) is 5.75 Å². The van der Waals surface area contributed by atoms with Crippen LogP contribution in [0.5, 0.6) is 5.75 Å². The van der Waals surface area contributed by atoms with Crippen LogP contribution in [0, 0.1) is 0 Å². The van der Waals surface area contributed by atoms with E-state index in [4.69, 9.17) is 0 Å². The van der Waals surface area contributed by atoms with Gasteiger partial charge in [0.1, 0.15) is 5.75 Å². The highest BCUT2D eigenvalue weighted by atomic mass is 16.3. The summed E-state index contributed by atoms with van der Waals surface area (Å²) in [5.74, 6) is 0.412. The van der Waals surface area contributed by atoms with Crippen LogP contribution < -0.4 is 0 Å². The molecule has 0 aliphatic heterocycles. The normalized spacial score (nSPS) is 12.8. The van der Waals surface area contributed by atoms with Gasteiger partial charge in [-0.15, -0.1) is 0 Å². The number of phenolic OH excluding ortho intramolecular Hbond substituents is 1. The molecule has 0 saturated carbocycles. The zero-order chi connectivity index (χ0) is 23.9. The van der Waals surface area contributed by atoms with Crippen molar-refractivity contribution in [2.24, 2.45) is 0 Å². The van der Waals surface area contributed by atoms with Crippen LogP contribution in [-0.4, -0.2) is 10.9 Å². The summed E-state index contributed by atoms with van der Waals surface area (Å²) in [6.07, 6.45) is 17.9. The average molecular weight is 437 g/mol. The molecule has 0 aliphatic rings. The van der Waals surface area contributed by atoms with Gasteiger partial charge in [-0.1, -0.05) is 53.5 Å². The molecule has 0 aliphatic carbocycles. The molecule has 2 heteroatoms. The minimum absolute atomic E-state index is 0.146. The number of carbonyl (C=O) groups is 1. The molecule has 2 nitrogen and oxygen atoms in total. The Balaban J connectivity index is 2.47. The van der Waals surface area contributed by atoms with Gasteiger partial charge >= 0.3 is 0 Å². The van der Waals surface area contributed by atoms with E-state index in [1.807, 2.05) is 13.0 Å². The van der Waals surface area contributed by atoms with Crippen LogP contribution in [0.25, 0.3) is 0 Å². The number of allylic oxidation sites excluding steroid dienone is 8. The molecule has 1 aromatic carbocycles. The molecule has 0 bridgehead atoms. The molecule has 1 rings (SSSR count). The van der Waals surface area contributed by atoms with Crippen molar-refractivity contribution in [1.82, 2.24) is 0 Å². The van der Waals surface area contributed by atoms with Gasteiger partial charge in [-0.05, 0) is 110 Å². The van der Waals surface area contributed by atoms with E-state index in [-0.39, 0.29) is 11.5 Å². The topological polar surface area (TPSA) is 37.3 Å². The van der Waals surface area contributed by atoms with Gasteiger partial charge in [-0.25, -0.2) is 0 Å². The van der Waals surface area contributed by atoms with Crippen molar-refractivity contribution in [2.45, 2.75) is 99.3 Å². The molecule has 0 radical (unpaired) electrons. The number of Topliss-reactive ketones (excluding diaryl/α,β-unsaturated/α-hetero) is 1. The van der Waals surface area contributed by atoms with E-state index >= 15 is 0 Å². The number of ketones is 1. The number of hydrogen-bond donors (Lipinski definition) is 1. The van der Waals surface area contributed by atoms with Crippen molar-refractivity contribution < 1.29 is 9.90 Å². The second-order valence-electron chi connectivity index (χ2n) is 9.27. The van der Waals surface area contributed by atoms with E-state index in [0.717, 1.165) is 50.5 Å². The van der Waals surface area contributed by atoms with Crippen molar-refractivity contribution in [3.05, 3.63) is 75.9 Å². The Morgan fingerprint density at radius 1 is 0.781 bits per heavy atom. The predicted molar refractivity (Wildman–Crippen MR) is 139 cm³/mol. The second kappa shape index (κ2) is 15.5. The molecule has 0 amide bonds. The third-order valence-electron chi connectivity index (χ3n) is 5.70. The Hall–Kier alpha value is -2.35. The van der Waals surface area contributed by atoms with Crippen LogP contribution in [0.4, 0.5) is 0 Å². The number of carbonyl (C=O) groups excluding carboxylic acids is 1. The average Bonchev–Trinajstić information content (AvgIpc) is 2.73. The fourth-order valence-electron chi connectivity index (χ4n) is 3.57. The zero-order valence-electron chi connectivity index (χ0n) is 21.3. The predicted octanol–water partition coefficient (Wildman–Crippen LogP) is 9.06. The third kappa shape index (κ3) is 11.9. The lowest BCUT2D eigenvalue weighted by molar-refractivity contribution is 0.0981. The first-order valence-corrected chi connectivity index (χ1v) is 12.2. The van der Waals surface area contributed by atoms with Gasteiger partial charge in [-0.2, -0.15) is 0 Å². The minimum Gasteiger partial charge on any atom is -0.508 e. The van der Waals surface area contributed by atoms with E-state index in [1.54, 1.807) is 12.1 Å². The molecule has 0 heterocycles. The van der Waals surface area contributed by atoms with Crippen LogP contribution in [0.3, 0.4) is 0 Å². The first-order valence-electron chi connectivity index (χ1n) is 12.2. The Bertz CT molecular complexity index is 846. The summed E-state index contributed by atoms with van der Waals surface area (Å²) in [6, 6.07) is 5.21. The lowest BCUT2D eigenvalue weighted by atomic mass is 10.00. The van der Waals surface area contributed by atoms with Crippen molar-refractivity contribution >= 4 is 5.78 Å². The fraction of sp³-hybridized carbons (Fsp3) is 0.500. The maximum atomic E-state index is 12.1. The monoisotopic (exact) mass is 436 g/mol. The first-order chi connectivity index (χ1) is 15.2. The Morgan fingerprint density at radius 3 is 1.84 bits per heavy atom. The molecule has 1 aromatic rings. The summed E-state index contributed by atoms with van der Waals surface area (Å²) >= 11 is 0. The number of phenols is 1. The van der Waals surface area contributed by atoms with Crippen molar-refractivity contribution in [1.29, 1.82) is 0 Å². The van der Waals surface area contributed by atoms with Crippen LogP contribution in [-0.2, 0) is 6.42 Å². The molecule has 0 spiro atoms. The van der Waals surface area contributed by atoms with Gasteiger partial charge in [0.2, 0.25) is 0 Å². The van der Waals surface area contributed by atoms with E-state index < -0.39 is 0 Å². The lowest BCUT2D eigenvalue weighted by Gasteiger charge is -2.06. The summed E-state index contributed by atoms with van der Waals surface area (Å²) in [6.45, 7) is 12.9.